The lowest BCUT2D eigenvalue weighted by Gasteiger charge is -2.30. The van der Waals surface area contributed by atoms with Crippen molar-refractivity contribution >= 4 is 41.9 Å². The normalized spacial score (nSPS) is 22.4. The number of para-hydroxylation sites is 1. The lowest BCUT2D eigenvalue weighted by molar-refractivity contribution is 0.0771. The Morgan fingerprint density at radius 1 is 1.17 bits per heavy atom. The minimum absolute atomic E-state index is 0.335. The highest BCUT2D eigenvalue weighted by molar-refractivity contribution is 7.52. The van der Waals surface area contributed by atoms with E-state index in [1.807, 2.05) is 50.6 Å². The fraction of sp³-hybridized carbons (Fsp3) is 0.333. The zero-order valence-corrected chi connectivity index (χ0v) is 18.8. The fourth-order valence-corrected chi connectivity index (χ4v) is 5.75. The van der Waals surface area contributed by atoms with Crippen LogP contribution < -0.4 is 0 Å². The predicted octanol–water partition coefficient (Wildman–Crippen LogP) is 6.19. The topological polar surface area (TPSA) is 43.7 Å². The maximum absolute atomic E-state index is 13.8. The Bertz CT molecular complexity index is 1080. The summed E-state index contributed by atoms with van der Waals surface area (Å²) in [6.07, 6.45) is 2.97. The maximum Gasteiger partial charge on any atom is 0.439 e. The van der Waals surface area contributed by atoms with Crippen molar-refractivity contribution in [3.8, 4) is 0 Å². The Morgan fingerprint density at radius 3 is 2.72 bits per heavy atom. The van der Waals surface area contributed by atoms with Crippen LogP contribution in [0.1, 0.15) is 23.7 Å². The average Bonchev–Trinajstić information content (AvgIpc) is 3.08. The minimum Gasteiger partial charge on any atom is -0.309 e. The Hall–Kier alpha value is -1.33. The van der Waals surface area contributed by atoms with Crippen molar-refractivity contribution in [3.05, 3.63) is 69.8 Å². The Morgan fingerprint density at radius 2 is 1.97 bits per heavy atom. The van der Waals surface area contributed by atoms with Gasteiger partial charge in [0.2, 0.25) is 0 Å². The number of hydrogen-bond acceptors (Lipinski definition) is 4. The predicted molar refractivity (Wildman–Crippen MR) is 118 cm³/mol. The van der Waals surface area contributed by atoms with Crippen LogP contribution in [0.4, 0.5) is 0 Å². The molecule has 1 aromatic heterocycles. The third kappa shape index (κ3) is 4.27. The first kappa shape index (κ1) is 20.9. The number of nitrogens with zero attached hydrogens (tertiary/aromatic N) is 2. The molecule has 0 saturated carbocycles. The fourth-order valence-electron chi connectivity index (χ4n) is 3.55. The molecule has 1 fully saturated rings. The van der Waals surface area contributed by atoms with Crippen LogP contribution in [0.3, 0.4) is 0 Å². The van der Waals surface area contributed by atoms with Crippen LogP contribution in [0.15, 0.2) is 48.7 Å². The quantitative estimate of drug-likeness (QED) is 0.433. The summed E-state index contributed by atoms with van der Waals surface area (Å²) in [4.78, 5) is 2.13. The van der Waals surface area contributed by atoms with Gasteiger partial charge in [-0.3, -0.25) is 13.4 Å². The van der Waals surface area contributed by atoms with Gasteiger partial charge in [-0.25, -0.2) is 4.57 Å². The molecule has 1 aliphatic heterocycles. The van der Waals surface area contributed by atoms with E-state index in [2.05, 4.69) is 4.90 Å². The molecule has 2 atom stereocenters. The smallest absolute Gasteiger partial charge is 0.309 e. The standard InChI is InChI=1S/C21H23Cl2N2O3P/c1-24(2)11-9-16-14-25(20-6-4-3-5-17(16)20)29(26)27-12-10-21(28-29)15-7-8-18(22)19(23)13-15/h3-8,13-14,21H,9-12H2,1-2H3. The van der Waals surface area contributed by atoms with Gasteiger partial charge in [0.05, 0.1) is 28.3 Å². The summed E-state index contributed by atoms with van der Waals surface area (Å²) in [7, 11) is 0.517. The van der Waals surface area contributed by atoms with E-state index in [-0.39, 0.29) is 6.10 Å². The number of benzene rings is 2. The van der Waals surface area contributed by atoms with Crippen molar-refractivity contribution in [2.75, 3.05) is 27.2 Å². The molecule has 0 aliphatic carbocycles. The highest BCUT2D eigenvalue weighted by Crippen LogP contribution is 2.58. The molecule has 1 aliphatic rings. The van der Waals surface area contributed by atoms with Crippen LogP contribution >= 0.6 is 30.9 Å². The van der Waals surface area contributed by atoms with Gasteiger partial charge in [-0.1, -0.05) is 47.5 Å². The first-order chi connectivity index (χ1) is 13.9. The minimum atomic E-state index is -3.56. The maximum atomic E-state index is 13.8. The molecule has 0 N–H and O–H groups in total. The Balaban J connectivity index is 1.70. The second kappa shape index (κ2) is 8.43. The molecule has 5 nitrogen and oxygen atoms in total. The van der Waals surface area contributed by atoms with E-state index >= 15 is 0 Å². The number of hydrogen-bond donors (Lipinski definition) is 0. The lowest BCUT2D eigenvalue weighted by Crippen LogP contribution is -2.17. The number of likely N-dealkylation sites (N-methyl/N-ethyl adjacent to an activating group) is 1. The molecular weight excluding hydrogens is 430 g/mol. The van der Waals surface area contributed by atoms with Crippen LogP contribution in [-0.4, -0.2) is 36.5 Å². The Labute approximate surface area is 180 Å². The van der Waals surface area contributed by atoms with Crippen LogP contribution in [0, 0.1) is 0 Å². The van der Waals surface area contributed by atoms with Gasteiger partial charge in [0.1, 0.15) is 0 Å². The summed E-state index contributed by atoms with van der Waals surface area (Å²) in [6, 6.07) is 13.3. The highest BCUT2D eigenvalue weighted by Gasteiger charge is 2.37. The van der Waals surface area contributed by atoms with Gasteiger partial charge >= 0.3 is 7.75 Å². The van der Waals surface area contributed by atoms with Crippen LogP contribution in [0.5, 0.6) is 0 Å². The van der Waals surface area contributed by atoms with E-state index in [0.717, 1.165) is 35.0 Å². The van der Waals surface area contributed by atoms with Gasteiger partial charge in [0, 0.05) is 24.5 Å². The molecule has 8 heteroatoms. The van der Waals surface area contributed by atoms with Crippen LogP contribution in [0.25, 0.3) is 10.9 Å². The molecule has 2 aromatic carbocycles. The molecular formula is C21H23Cl2N2O3P. The molecule has 3 aromatic rings. The summed E-state index contributed by atoms with van der Waals surface area (Å²) in [5.41, 5.74) is 2.81. The summed E-state index contributed by atoms with van der Waals surface area (Å²) in [5, 5.41) is 1.99. The van der Waals surface area contributed by atoms with Gasteiger partial charge < -0.3 is 4.90 Å². The third-order valence-electron chi connectivity index (χ3n) is 5.08. The van der Waals surface area contributed by atoms with Crippen molar-refractivity contribution in [1.29, 1.82) is 0 Å². The van der Waals surface area contributed by atoms with E-state index in [9.17, 15) is 4.57 Å². The van der Waals surface area contributed by atoms with Gasteiger partial charge in [0.25, 0.3) is 0 Å². The van der Waals surface area contributed by atoms with E-state index in [0.29, 0.717) is 23.1 Å². The highest BCUT2D eigenvalue weighted by atomic mass is 35.5. The van der Waals surface area contributed by atoms with Gasteiger partial charge in [-0.05, 0) is 49.8 Å². The van der Waals surface area contributed by atoms with Gasteiger partial charge in [-0.2, -0.15) is 0 Å². The van der Waals surface area contributed by atoms with Crippen molar-refractivity contribution in [2.45, 2.75) is 18.9 Å². The zero-order valence-electron chi connectivity index (χ0n) is 16.3. The van der Waals surface area contributed by atoms with Crippen molar-refractivity contribution in [2.24, 2.45) is 0 Å². The van der Waals surface area contributed by atoms with Gasteiger partial charge in [-0.15, -0.1) is 0 Å². The van der Waals surface area contributed by atoms with Crippen LogP contribution in [0.2, 0.25) is 10.0 Å². The molecule has 0 spiro atoms. The molecule has 4 rings (SSSR count). The monoisotopic (exact) mass is 452 g/mol. The molecule has 154 valence electrons. The first-order valence-electron chi connectivity index (χ1n) is 9.50. The van der Waals surface area contributed by atoms with Gasteiger partial charge in [0.15, 0.2) is 0 Å². The summed E-state index contributed by atoms with van der Waals surface area (Å²) in [5.74, 6) is 0. The average molecular weight is 453 g/mol. The molecule has 1 saturated heterocycles. The SMILES string of the molecule is CN(C)CCc1cn(P2(=O)OCCC(c3ccc(Cl)c(Cl)c3)O2)c2ccccc12. The number of fused-ring (bicyclic) bond motifs is 1. The number of aromatic nitrogens is 1. The summed E-state index contributed by atoms with van der Waals surface area (Å²) in [6.45, 7) is 1.23. The molecule has 2 heterocycles. The second-order valence-electron chi connectivity index (χ2n) is 7.43. The molecule has 2 unspecified atom stereocenters. The largest absolute Gasteiger partial charge is 0.439 e. The van der Waals surface area contributed by atoms with E-state index in [1.54, 1.807) is 16.5 Å². The molecule has 0 amide bonds. The van der Waals surface area contributed by atoms with E-state index in [1.165, 1.54) is 0 Å². The first-order valence-corrected chi connectivity index (χ1v) is 11.7. The summed E-state index contributed by atoms with van der Waals surface area (Å²) < 4.78 is 27.3. The van der Waals surface area contributed by atoms with Crippen LogP contribution in [-0.2, 0) is 20.0 Å². The van der Waals surface area contributed by atoms with Crippen molar-refractivity contribution < 1.29 is 13.6 Å². The van der Waals surface area contributed by atoms with E-state index < -0.39 is 7.75 Å². The number of rotatable bonds is 5. The molecule has 0 radical (unpaired) electrons. The third-order valence-corrected chi connectivity index (χ3v) is 7.71. The lowest BCUT2D eigenvalue weighted by atomic mass is 10.1. The van der Waals surface area contributed by atoms with Crippen molar-refractivity contribution in [1.82, 2.24) is 9.24 Å². The summed E-state index contributed by atoms with van der Waals surface area (Å²) >= 11 is 12.2. The number of halogens is 2. The van der Waals surface area contributed by atoms with Crippen molar-refractivity contribution in [3.63, 3.8) is 0 Å². The van der Waals surface area contributed by atoms with E-state index in [4.69, 9.17) is 32.2 Å². The molecule has 29 heavy (non-hydrogen) atoms. The second-order valence-corrected chi connectivity index (χ2v) is 10.1. The Kier molecular flexibility index (Phi) is 6.08. The zero-order chi connectivity index (χ0) is 20.6. The molecule has 0 bridgehead atoms.